The molecule has 4 N–H and O–H groups in total. The molecule has 12 heteroatoms. The molecule has 0 saturated heterocycles. The fourth-order valence-electron chi connectivity index (χ4n) is 3.24. The normalized spacial score (nSPS) is 12.2. The molecule has 194 valence electrons. The Kier molecular flexibility index (Phi) is 8.46. The number of fused-ring (bicyclic) bond motifs is 1. The molecular weight excluding hydrogens is 488 g/mol. The lowest BCUT2D eigenvalue weighted by Crippen LogP contribution is -2.37. The summed E-state index contributed by atoms with van der Waals surface area (Å²) in [6.07, 6.45) is 0.763. The van der Waals surface area contributed by atoms with E-state index < -0.39 is 17.7 Å². The summed E-state index contributed by atoms with van der Waals surface area (Å²) in [4.78, 5) is 28.7. The Morgan fingerprint density at radius 1 is 1.25 bits per heavy atom. The van der Waals surface area contributed by atoms with Gasteiger partial charge in [0.25, 0.3) is 0 Å². The lowest BCUT2D eigenvalue weighted by molar-refractivity contribution is 0.0501. The summed E-state index contributed by atoms with van der Waals surface area (Å²) in [7, 11) is 0. The highest BCUT2D eigenvalue weighted by atomic mass is 35.5. The van der Waals surface area contributed by atoms with Crippen LogP contribution in [0.5, 0.6) is 5.75 Å². The maximum atomic E-state index is 12.3. The summed E-state index contributed by atoms with van der Waals surface area (Å²) in [5, 5.41) is 10.5. The number of amides is 1. The van der Waals surface area contributed by atoms with Gasteiger partial charge in [0.15, 0.2) is 11.5 Å². The highest BCUT2D eigenvalue weighted by molar-refractivity contribution is 6.31. The van der Waals surface area contributed by atoms with E-state index in [1.807, 2.05) is 6.92 Å². The Bertz CT molecular complexity index is 1240. The van der Waals surface area contributed by atoms with Gasteiger partial charge in [0.05, 0.1) is 13.2 Å². The van der Waals surface area contributed by atoms with Crippen molar-refractivity contribution >= 4 is 40.9 Å². The van der Waals surface area contributed by atoms with Crippen molar-refractivity contribution in [3.05, 3.63) is 46.6 Å². The first-order valence-electron chi connectivity index (χ1n) is 11.4. The number of benzene rings is 1. The molecule has 0 bridgehead atoms. The van der Waals surface area contributed by atoms with Crippen LogP contribution in [0.15, 0.2) is 30.5 Å². The van der Waals surface area contributed by atoms with E-state index in [9.17, 15) is 9.59 Å². The van der Waals surface area contributed by atoms with Crippen molar-refractivity contribution in [2.45, 2.75) is 52.9 Å². The summed E-state index contributed by atoms with van der Waals surface area (Å²) < 4.78 is 17.8. The number of nitrogens with zero attached hydrogens (tertiary/aromatic N) is 3. The third-order valence-corrected chi connectivity index (χ3v) is 5.13. The van der Waals surface area contributed by atoms with Gasteiger partial charge in [-0.15, -0.1) is 5.10 Å². The van der Waals surface area contributed by atoms with Gasteiger partial charge in [0, 0.05) is 23.3 Å². The van der Waals surface area contributed by atoms with E-state index in [-0.39, 0.29) is 42.8 Å². The molecule has 0 radical (unpaired) electrons. The number of anilines is 2. The zero-order chi connectivity index (χ0) is 26.5. The fraction of sp³-hybridized carbons (Fsp3) is 0.417. The van der Waals surface area contributed by atoms with E-state index >= 15 is 0 Å². The van der Waals surface area contributed by atoms with Crippen molar-refractivity contribution in [1.82, 2.24) is 19.9 Å². The average Bonchev–Trinajstić information content (AvgIpc) is 3.11. The van der Waals surface area contributed by atoms with Gasteiger partial charge in [-0.3, -0.25) is 0 Å². The molecule has 1 atom stereocenters. The standard InChI is InChI=1S/C24H31ClN6O5/c1-6-34-22(32)19-20(26)30-31-11-10-18(29-21(19)31)27-13-15-16(25)8-7-9-17(15)35-14(2)12-28-23(33)36-24(3,4)5/h7-11,14H,6,12-13H2,1-5H3,(H2,26,30)(H,27,29)(H,28,33)/t14-/m0/s1. The lowest BCUT2D eigenvalue weighted by Gasteiger charge is -2.22. The van der Waals surface area contributed by atoms with E-state index in [0.29, 0.717) is 22.2 Å². The molecule has 2 aromatic heterocycles. The molecule has 0 fully saturated rings. The highest BCUT2D eigenvalue weighted by Gasteiger charge is 2.21. The molecular formula is C24H31ClN6O5. The molecule has 3 rings (SSSR count). The first-order chi connectivity index (χ1) is 17.0. The van der Waals surface area contributed by atoms with Crippen LogP contribution in [0, 0.1) is 0 Å². The predicted molar refractivity (Wildman–Crippen MR) is 136 cm³/mol. The van der Waals surface area contributed by atoms with Gasteiger partial charge in [-0.05, 0) is 52.8 Å². The number of nitrogens with two attached hydrogens (primary N) is 1. The van der Waals surface area contributed by atoms with Gasteiger partial charge in [0.1, 0.15) is 28.8 Å². The molecule has 0 spiro atoms. The molecule has 0 aliphatic heterocycles. The van der Waals surface area contributed by atoms with E-state index in [1.165, 1.54) is 4.52 Å². The van der Waals surface area contributed by atoms with Crippen LogP contribution in [0.2, 0.25) is 5.02 Å². The smallest absolute Gasteiger partial charge is 0.407 e. The molecule has 3 aromatic rings. The van der Waals surface area contributed by atoms with Crippen LogP contribution in [0.3, 0.4) is 0 Å². The number of ether oxygens (including phenoxy) is 3. The number of esters is 1. The number of nitrogens with one attached hydrogen (secondary N) is 2. The van der Waals surface area contributed by atoms with Crippen LogP contribution in [-0.2, 0) is 16.0 Å². The van der Waals surface area contributed by atoms with E-state index in [2.05, 4.69) is 20.7 Å². The lowest BCUT2D eigenvalue weighted by atomic mass is 10.2. The van der Waals surface area contributed by atoms with Gasteiger partial charge in [0.2, 0.25) is 0 Å². The number of nitrogen functional groups attached to an aromatic ring is 1. The Balaban J connectivity index is 1.71. The second kappa shape index (κ2) is 11.3. The van der Waals surface area contributed by atoms with Gasteiger partial charge in [-0.1, -0.05) is 17.7 Å². The summed E-state index contributed by atoms with van der Waals surface area (Å²) in [5.74, 6) is 0.466. The van der Waals surface area contributed by atoms with E-state index in [1.54, 1.807) is 58.2 Å². The zero-order valence-corrected chi connectivity index (χ0v) is 21.7. The first-order valence-corrected chi connectivity index (χ1v) is 11.8. The van der Waals surface area contributed by atoms with Crippen LogP contribution in [0.1, 0.15) is 50.5 Å². The van der Waals surface area contributed by atoms with E-state index in [0.717, 1.165) is 0 Å². The minimum atomic E-state index is -0.592. The summed E-state index contributed by atoms with van der Waals surface area (Å²) in [5.41, 5.74) is 6.39. The molecule has 0 unspecified atom stereocenters. The minimum absolute atomic E-state index is 0.0360. The topological polar surface area (TPSA) is 142 Å². The van der Waals surface area contributed by atoms with Crippen molar-refractivity contribution in [2.75, 3.05) is 24.2 Å². The Morgan fingerprint density at radius 2 is 2.00 bits per heavy atom. The number of alkyl carbamates (subject to hydrolysis) is 1. The molecule has 2 heterocycles. The quantitative estimate of drug-likeness (QED) is 0.357. The number of hydrogen-bond acceptors (Lipinski definition) is 9. The third-order valence-electron chi connectivity index (χ3n) is 4.77. The largest absolute Gasteiger partial charge is 0.488 e. The van der Waals surface area contributed by atoms with Crippen molar-refractivity contribution < 1.29 is 23.8 Å². The summed E-state index contributed by atoms with van der Waals surface area (Å²) in [6, 6.07) is 7.02. The fourth-order valence-corrected chi connectivity index (χ4v) is 3.48. The maximum absolute atomic E-state index is 12.3. The van der Waals surface area contributed by atoms with Crippen molar-refractivity contribution in [3.63, 3.8) is 0 Å². The van der Waals surface area contributed by atoms with Gasteiger partial charge in [-0.2, -0.15) is 0 Å². The number of carbonyl (C=O) groups is 2. The summed E-state index contributed by atoms with van der Waals surface area (Å²) >= 11 is 6.46. The van der Waals surface area contributed by atoms with Crippen LogP contribution < -0.4 is 21.1 Å². The monoisotopic (exact) mass is 518 g/mol. The number of rotatable bonds is 9. The number of halogens is 1. The van der Waals surface area contributed by atoms with Crippen LogP contribution >= 0.6 is 11.6 Å². The van der Waals surface area contributed by atoms with Crippen molar-refractivity contribution in [2.24, 2.45) is 0 Å². The Morgan fingerprint density at radius 3 is 2.69 bits per heavy atom. The Labute approximate surface area is 214 Å². The maximum Gasteiger partial charge on any atom is 0.407 e. The first kappa shape index (κ1) is 26.9. The second-order valence-electron chi connectivity index (χ2n) is 8.94. The van der Waals surface area contributed by atoms with Crippen molar-refractivity contribution in [3.8, 4) is 5.75 Å². The number of aromatic nitrogens is 3. The molecule has 1 amide bonds. The second-order valence-corrected chi connectivity index (χ2v) is 9.35. The molecule has 0 saturated carbocycles. The van der Waals surface area contributed by atoms with Crippen LogP contribution in [0.25, 0.3) is 5.65 Å². The molecule has 0 aliphatic rings. The zero-order valence-electron chi connectivity index (χ0n) is 20.9. The highest BCUT2D eigenvalue weighted by Crippen LogP contribution is 2.28. The number of hydrogen-bond donors (Lipinski definition) is 3. The van der Waals surface area contributed by atoms with Gasteiger partial charge < -0.3 is 30.6 Å². The predicted octanol–water partition coefficient (Wildman–Crippen LogP) is 4.05. The average molecular weight is 519 g/mol. The molecule has 0 aliphatic carbocycles. The van der Waals surface area contributed by atoms with Crippen molar-refractivity contribution in [1.29, 1.82) is 0 Å². The van der Waals surface area contributed by atoms with E-state index in [4.69, 9.17) is 31.5 Å². The number of carbonyl (C=O) groups excluding carboxylic acids is 2. The minimum Gasteiger partial charge on any atom is -0.488 e. The third kappa shape index (κ3) is 6.91. The molecule has 1 aromatic carbocycles. The van der Waals surface area contributed by atoms with Crippen LogP contribution in [0.4, 0.5) is 16.4 Å². The Hall–Kier alpha value is -3.73. The molecule has 11 nitrogen and oxygen atoms in total. The SMILES string of the molecule is CCOC(=O)c1c(N)nn2ccc(NCc3c(Cl)cccc3O[C@@H](C)CNC(=O)OC(C)(C)C)nc12. The summed E-state index contributed by atoms with van der Waals surface area (Å²) in [6.45, 7) is 9.64. The van der Waals surface area contributed by atoms with Gasteiger partial charge in [-0.25, -0.2) is 19.1 Å². The molecule has 36 heavy (non-hydrogen) atoms. The van der Waals surface area contributed by atoms with Crippen LogP contribution in [-0.4, -0.2) is 51.5 Å². The van der Waals surface area contributed by atoms with Gasteiger partial charge >= 0.3 is 12.1 Å².